The van der Waals surface area contributed by atoms with Crippen molar-refractivity contribution >= 4 is 23.2 Å². The van der Waals surface area contributed by atoms with Crippen LogP contribution in [0.25, 0.3) is 5.76 Å². The summed E-state index contributed by atoms with van der Waals surface area (Å²) in [6.07, 6.45) is 14.4. The van der Waals surface area contributed by atoms with Crippen LogP contribution in [-0.4, -0.2) is 29.1 Å². The number of aliphatic hydroxyl groups excluding tert-OH is 1. The molecule has 0 aromatic heterocycles. The summed E-state index contributed by atoms with van der Waals surface area (Å²) in [6, 6.07) is 6.62. The normalized spacial score (nSPS) is 13.9. The SMILES string of the molecule is CCCCCCCCCCCCCC(=O)NCC(C)(C)CC1=C(O)c2ccccc2C(=O)C1=O. The first kappa shape index (κ1) is 27.8. The van der Waals surface area contributed by atoms with Crippen LogP contribution in [0.3, 0.4) is 0 Å². The second kappa shape index (κ2) is 14.1. The minimum absolute atomic E-state index is 0.0126. The molecule has 0 spiro atoms. The van der Waals surface area contributed by atoms with Crippen LogP contribution in [0.2, 0.25) is 0 Å². The largest absolute Gasteiger partial charge is 0.507 e. The van der Waals surface area contributed by atoms with Crippen molar-refractivity contribution in [3.8, 4) is 0 Å². The number of allylic oxidation sites excluding steroid dienone is 1. The van der Waals surface area contributed by atoms with Gasteiger partial charge in [-0.25, -0.2) is 0 Å². The Kier molecular flexibility index (Phi) is 11.5. The number of amides is 1. The summed E-state index contributed by atoms with van der Waals surface area (Å²) in [5.74, 6) is -1.35. The molecule has 34 heavy (non-hydrogen) atoms. The monoisotopic (exact) mass is 469 g/mol. The highest BCUT2D eigenvalue weighted by atomic mass is 16.3. The number of hydrogen-bond donors (Lipinski definition) is 2. The van der Waals surface area contributed by atoms with Crippen LogP contribution < -0.4 is 5.32 Å². The molecule has 0 unspecified atom stereocenters. The third-order valence-corrected chi connectivity index (χ3v) is 6.62. The number of ketones is 2. The molecular formula is C29H43NO4. The van der Waals surface area contributed by atoms with Gasteiger partial charge in [-0.1, -0.05) is 109 Å². The number of rotatable bonds is 16. The zero-order valence-corrected chi connectivity index (χ0v) is 21.4. The number of carbonyl (C=O) groups is 3. The number of benzene rings is 1. The average Bonchev–Trinajstić information content (AvgIpc) is 2.82. The van der Waals surface area contributed by atoms with Crippen molar-refractivity contribution in [1.82, 2.24) is 5.32 Å². The van der Waals surface area contributed by atoms with E-state index in [1.807, 2.05) is 13.8 Å². The van der Waals surface area contributed by atoms with Crippen LogP contribution in [0.4, 0.5) is 0 Å². The van der Waals surface area contributed by atoms with Gasteiger partial charge in [-0.05, 0) is 18.3 Å². The highest BCUT2D eigenvalue weighted by Crippen LogP contribution is 2.34. The first-order valence-corrected chi connectivity index (χ1v) is 13.1. The summed E-state index contributed by atoms with van der Waals surface area (Å²) in [5.41, 5.74) is 0.303. The Morgan fingerprint density at radius 2 is 1.35 bits per heavy atom. The lowest BCUT2D eigenvalue weighted by Gasteiger charge is -2.28. The minimum atomic E-state index is -0.656. The molecule has 5 heteroatoms. The number of carbonyl (C=O) groups excluding carboxylic acids is 3. The van der Waals surface area contributed by atoms with Gasteiger partial charge in [-0.15, -0.1) is 0 Å². The van der Waals surface area contributed by atoms with Gasteiger partial charge in [0.05, 0.1) is 0 Å². The number of unbranched alkanes of at least 4 members (excludes halogenated alkanes) is 10. The Balaban J connectivity index is 1.68. The van der Waals surface area contributed by atoms with Gasteiger partial charge in [0.15, 0.2) is 0 Å². The maximum absolute atomic E-state index is 12.6. The number of Topliss-reactive ketones (excluding diaryl/α,β-unsaturated/α-hetero) is 2. The fraction of sp³-hybridized carbons (Fsp3) is 0.621. The van der Waals surface area contributed by atoms with Crippen LogP contribution in [0.5, 0.6) is 0 Å². The molecule has 0 bridgehead atoms. The maximum atomic E-state index is 12.6. The molecule has 0 saturated carbocycles. The van der Waals surface area contributed by atoms with Gasteiger partial charge in [0.25, 0.3) is 0 Å². The van der Waals surface area contributed by atoms with E-state index in [0.29, 0.717) is 18.5 Å². The first-order chi connectivity index (χ1) is 16.3. The Morgan fingerprint density at radius 1 is 0.824 bits per heavy atom. The van der Waals surface area contributed by atoms with E-state index in [1.165, 1.54) is 57.8 Å². The van der Waals surface area contributed by atoms with Crippen molar-refractivity contribution < 1.29 is 19.5 Å². The predicted octanol–water partition coefficient (Wildman–Crippen LogP) is 6.95. The lowest BCUT2D eigenvalue weighted by molar-refractivity contribution is -0.121. The Labute approximate surface area is 205 Å². The van der Waals surface area contributed by atoms with Crippen molar-refractivity contribution in [3.63, 3.8) is 0 Å². The van der Waals surface area contributed by atoms with Gasteiger partial charge < -0.3 is 10.4 Å². The molecule has 0 radical (unpaired) electrons. The number of hydrogen-bond acceptors (Lipinski definition) is 4. The maximum Gasteiger partial charge on any atom is 0.234 e. The van der Waals surface area contributed by atoms with Gasteiger partial charge in [0, 0.05) is 29.7 Å². The van der Waals surface area contributed by atoms with E-state index < -0.39 is 17.0 Å². The lowest BCUT2D eigenvalue weighted by Crippen LogP contribution is -2.36. The topological polar surface area (TPSA) is 83.5 Å². The summed E-state index contributed by atoms with van der Waals surface area (Å²) < 4.78 is 0. The average molecular weight is 470 g/mol. The smallest absolute Gasteiger partial charge is 0.234 e. The number of aliphatic hydroxyl groups is 1. The third kappa shape index (κ3) is 8.73. The Bertz CT molecular complexity index is 869. The molecule has 0 fully saturated rings. The van der Waals surface area contributed by atoms with Gasteiger partial charge in [0.2, 0.25) is 17.5 Å². The Morgan fingerprint density at radius 3 is 1.94 bits per heavy atom. The summed E-state index contributed by atoms with van der Waals surface area (Å²) in [5, 5.41) is 13.6. The van der Waals surface area contributed by atoms with Crippen LogP contribution >= 0.6 is 0 Å². The third-order valence-electron chi connectivity index (χ3n) is 6.62. The molecule has 0 saturated heterocycles. The molecule has 1 amide bonds. The van der Waals surface area contributed by atoms with Gasteiger partial charge >= 0.3 is 0 Å². The molecule has 1 aromatic carbocycles. The second-order valence-electron chi connectivity index (χ2n) is 10.4. The summed E-state index contributed by atoms with van der Waals surface area (Å²) in [7, 11) is 0. The molecule has 2 N–H and O–H groups in total. The van der Waals surface area contributed by atoms with Gasteiger partial charge in [-0.3, -0.25) is 14.4 Å². The van der Waals surface area contributed by atoms with E-state index in [2.05, 4.69) is 12.2 Å². The zero-order chi connectivity index (χ0) is 25.0. The van der Waals surface area contributed by atoms with Crippen molar-refractivity contribution in [3.05, 3.63) is 41.0 Å². The fourth-order valence-electron chi connectivity index (χ4n) is 4.50. The molecule has 5 nitrogen and oxygen atoms in total. The molecule has 2 rings (SSSR count). The molecular weight excluding hydrogens is 426 g/mol. The van der Waals surface area contributed by atoms with Crippen molar-refractivity contribution in [1.29, 1.82) is 0 Å². The second-order valence-corrected chi connectivity index (χ2v) is 10.4. The highest BCUT2D eigenvalue weighted by molar-refractivity contribution is 6.52. The standard InChI is InChI=1S/C29H43NO4/c1-4-5-6-7-8-9-10-11-12-13-14-19-25(31)30-21-29(2,3)20-24-26(32)22-17-15-16-18-23(22)27(33)28(24)34/h15-18,32H,4-14,19-21H2,1-3H3,(H,30,31). The summed E-state index contributed by atoms with van der Waals surface area (Å²) in [6.45, 7) is 6.47. The molecule has 1 aromatic rings. The van der Waals surface area contributed by atoms with Crippen LogP contribution in [0.15, 0.2) is 29.8 Å². The van der Waals surface area contributed by atoms with Gasteiger partial charge in [0.1, 0.15) is 5.76 Å². The van der Waals surface area contributed by atoms with Gasteiger partial charge in [-0.2, -0.15) is 0 Å². The Hall–Kier alpha value is -2.43. The number of fused-ring (bicyclic) bond motifs is 1. The predicted molar refractivity (Wildman–Crippen MR) is 138 cm³/mol. The summed E-state index contributed by atoms with van der Waals surface area (Å²) >= 11 is 0. The van der Waals surface area contributed by atoms with E-state index in [1.54, 1.807) is 24.3 Å². The van der Waals surface area contributed by atoms with E-state index >= 15 is 0 Å². The fourth-order valence-corrected chi connectivity index (χ4v) is 4.50. The van der Waals surface area contributed by atoms with Crippen LogP contribution in [0.1, 0.15) is 120 Å². The lowest BCUT2D eigenvalue weighted by atomic mass is 9.79. The molecule has 0 aliphatic heterocycles. The molecule has 0 heterocycles. The quantitative estimate of drug-likeness (QED) is 0.203. The summed E-state index contributed by atoms with van der Waals surface area (Å²) in [4.78, 5) is 37.3. The molecule has 0 atom stereocenters. The molecule has 1 aliphatic carbocycles. The van der Waals surface area contributed by atoms with Crippen LogP contribution in [0, 0.1) is 5.41 Å². The van der Waals surface area contributed by atoms with E-state index in [0.717, 1.165) is 12.8 Å². The highest BCUT2D eigenvalue weighted by Gasteiger charge is 2.35. The first-order valence-electron chi connectivity index (χ1n) is 13.1. The zero-order valence-electron chi connectivity index (χ0n) is 21.4. The van der Waals surface area contributed by atoms with Crippen molar-refractivity contribution in [2.24, 2.45) is 5.41 Å². The molecule has 188 valence electrons. The number of nitrogens with one attached hydrogen (secondary N) is 1. The molecule has 1 aliphatic rings. The van der Waals surface area contributed by atoms with E-state index in [-0.39, 0.29) is 29.2 Å². The van der Waals surface area contributed by atoms with Crippen molar-refractivity contribution in [2.75, 3.05) is 6.54 Å². The minimum Gasteiger partial charge on any atom is -0.507 e. The van der Waals surface area contributed by atoms with E-state index in [4.69, 9.17) is 0 Å². The van der Waals surface area contributed by atoms with Crippen LogP contribution in [-0.2, 0) is 9.59 Å². The van der Waals surface area contributed by atoms with E-state index in [9.17, 15) is 19.5 Å². The van der Waals surface area contributed by atoms with Crippen molar-refractivity contribution in [2.45, 2.75) is 104 Å².